The normalized spacial score (nSPS) is 15.4. The lowest BCUT2D eigenvalue weighted by Gasteiger charge is -2.32. The summed E-state index contributed by atoms with van der Waals surface area (Å²) in [7, 11) is 1.69. The standard InChI is InChI=1S/C22H29N3O2/c1-27-21-8-4-19(5-9-21)16-25-12-10-18(11-13-25)15-24-22(26)14-17-2-6-20(23)7-3-17/h2-9,18H,10-16,23H2,1H3,(H,24,26). The molecule has 27 heavy (non-hydrogen) atoms. The highest BCUT2D eigenvalue weighted by Crippen LogP contribution is 2.19. The van der Waals surface area contributed by atoms with Crippen LogP contribution in [0.2, 0.25) is 0 Å². The van der Waals surface area contributed by atoms with E-state index in [1.165, 1.54) is 5.56 Å². The van der Waals surface area contributed by atoms with Crippen molar-refractivity contribution in [1.29, 1.82) is 0 Å². The lowest BCUT2D eigenvalue weighted by atomic mass is 9.96. The highest BCUT2D eigenvalue weighted by molar-refractivity contribution is 5.78. The van der Waals surface area contributed by atoms with Gasteiger partial charge in [0.1, 0.15) is 5.75 Å². The molecule has 144 valence electrons. The van der Waals surface area contributed by atoms with Gasteiger partial charge in [0, 0.05) is 18.8 Å². The summed E-state index contributed by atoms with van der Waals surface area (Å²) >= 11 is 0. The summed E-state index contributed by atoms with van der Waals surface area (Å²) in [5, 5.41) is 3.09. The first-order chi connectivity index (χ1) is 13.1. The Morgan fingerprint density at radius 2 is 1.70 bits per heavy atom. The second-order valence-corrected chi connectivity index (χ2v) is 7.29. The van der Waals surface area contributed by atoms with Crippen molar-refractivity contribution < 1.29 is 9.53 Å². The Labute approximate surface area is 161 Å². The number of ether oxygens (including phenoxy) is 1. The van der Waals surface area contributed by atoms with Gasteiger partial charge < -0.3 is 15.8 Å². The molecule has 5 nitrogen and oxygen atoms in total. The minimum absolute atomic E-state index is 0.0837. The van der Waals surface area contributed by atoms with Crippen molar-refractivity contribution in [2.24, 2.45) is 5.92 Å². The fourth-order valence-electron chi connectivity index (χ4n) is 3.48. The monoisotopic (exact) mass is 367 g/mol. The van der Waals surface area contributed by atoms with Crippen LogP contribution in [0.1, 0.15) is 24.0 Å². The third kappa shape index (κ3) is 6.00. The van der Waals surface area contributed by atoms with Crippen molar-refractivity contribution in [3.8, 4) is 5.75 Å². The number of nitrogens with two attached hydrogens (primary N) is 1. The van der Waals surface area contributed by atoms with Crippen LogP contribution in [0.5, 0.6) is 5.75 Å². The first-order valence-corrected chi connectivity index (χ1v) is 9.59. The number of nitrogens with one attached hydrogen (secondary N) is 1. The fourth-order valence-corrected chi connectivity index (χ4v) is 3.48. The van der Waals surface area contributed by atoms with Crippen molar-refractivity contribution in [2.75, 3.05) is 32.5 Å². The molecule has 1 fully saturated rings. The minimum Gasteiger partial charge on any atom is -0.497 e. The molecule has 1 saturated heterocycles. The van der Waals surface area contributed by atoms with Crippen molar-refractivity contribution in [3.63, 3.8) is 0 Å². The van der Waals surface area contributed by atoms with Crippen LogP contribution in [0.25, 0.3) is 0 Å². The average molecular weight is 367 g/mol. The van der Waals surface area contributed by atoms with Gasteiger partial charge in [-0.15, -0.1) is 0 Å². The van der Waals surface area contributed by atoms with E-state index in [0.717, 1.165) is 56.0 Å². The van der Waals surface area contributed by atoms with Gasteiger partial charge in [0.15, 0.2) is 0 Å². The van der Waals surface area contributed by atoms with Gasteiger partial charge in [0.2, 0.25) is 5.91 Å². The number of carbonyl (C=O) groups excluding carboxylic acids is 1. The Kier molecular flexibility index (Phi) is 6.71. The van der Waals surface area contributed by atoms with Gasteiger partial charge in [-0.2, -0.15) is 0 Å². The molecule has 0 atom stereocenters. The summed E-state index contributed by atoms with van der Waals surface area (Å²) < 4.78 is 5.21. The maximum absolute atomic E-state index is 12.1. The molecule has 2 aromatic carbocycles. The molecule has 0 radical (unpaired) electrons. The number of benzene rings is 2. The zero-order chi connectivity index (χ0) is 19.1. The number of carbonyl (C=O) groups is 1. The zero-order valence-electron chi connectivity index (χ0n) is 16.0. The molecule has 0 unspecified atom stereocenters. The van der Waals surface area contributed by atoms with Crippen LogP contribution in [0.3, 0.4) is 0 Å². The van der Waals surface area contributed by atoms with E-state index in [0.29, 0.717) is 12.3 Å². The van der Waals surface area contributed by atoms with E-state index in [1.807, 2.05) is 36.4 Å². The van der Waals surface area contributed by atoms with E-state index in [2.05, 4.69) is 22.3 Å². The van der Waals surface area contributed by atoms with E-state index in [9.17, 15) is 4.79 Å². The molecule has 3 N–H and O–H groups in total. The number of methoxy groups -OCH3 is 1. The summed E-state index contributed by atoms with van der Waals surface area (Å²) in [5.41, 5.74) is 8.71. The van der Waals surface area contributed by atoms with Gasteiger partial charge >= 0.3 is 0 Å². The van der Waals surface area contributed by atoms with E-state index in [4.69, 9.17) is 10.5 Å². The molecular formula is C22H29N3O2. The summed E-state index contributed by atoms with van der Waals surface area (Å²) in [4.78, 5) is 14.6. The quantitative estimate of drug-likeness (QED) is 0.739. The molecule has 0 spiro atoms. The summed E-state index contributed by atoms with van der Waals surface area (Å²) in [6, 6.07) is 15.8. The fraction of sp³-hybridized carbons (Fsp3) is 0.409. The molecule has 0 aromatic heterocycles. The number of rotatable bonds is 7. The number of piperidine rings is 1. The van der Waals surface area contributed by atoms with Gasteiger partial charge in [-0.1, -0.05) is 24.3 Å². The second-order valence-electron chi connectivity index (χ2n) is 7.29. The Morgan fingerprint density at radius 3 is 2.33 bits per heavy atom. The smallest absolute Gasteiger partial charge is 0.224 e. The zero-order valence-corrected chi connectivity index (χ0v) is 16.0. The number of anilines is 1. The number of likely N-dealkylation sites (tertiary alicyclic amines) is 1. The SMILES string of the molecule is COc1ccc(CN2CCC(CNC(=O)Cc3ccc(N)cc3)CC2)cc1. The van der Waals surface area contributed by atoms with E-state index >= 15 is 0 Å². The number of hydrogen-bond acceptors (Lipinski definition) is 4. The van der Waals surface area contributed by atoms with Crippen LogP contribution in [-0.2, 0) is 17.8 Å². The van der Waals surface area contributed by atoms with Gasteiger partial charge in [0.25, 0.3) is 0 Å². The topological polar surface area (TPSA) is 67.6 Å². The maximum atomic E-state index is 12.1. The molecule has 0 aliphatic carbocycles. The summed E-state index contributed by atoms with van der Waals surface area (Å²) in [6.45, 7) is 3.89. The summed E-state index contributed by atoms with van der Waals surface area (Å²) in [5.74, 6) is 1.54. The molecule has 1 aliphatic heterocycles. The summed E-state index contributed by atoms with van der Waals surface area (Å²) in [6.07, 6.45) is 2.66. The molecule has 5 heteroatoms. The maximum Gasteiger partial charge on any atom is 0.224 e. The van der Waals surface area contributed by atoms with Crippen molar-refractivity contribution >= 4 is 11.6 Å². The van der Waals surface area contributed by atoms with Gasteiger partial charge in [-0.05, 0) is 67.2 Å². The Hall–Kier alpha value is -2.53. The lowest BCUT2D eigenvalue weighted by Crippen LogP contribution is -2.38. The number of amides is 1. The predicted molar refractivity (Wildman–Crippen MR) is 109 cm³/mol. The Morgan fingerprint density at radius 1 is 1.07 bits per heavy atom. The van der Waals surface area contributed by atoms with Crippen molar-refractivity contribution in [3.05, 3.63) is 59.7 Å². The molecule has 1 amide bonds. The highest BCUT2D eigenvalue weighted by Gasteiger charge is 2.19. The van der Waals surface area contributed by atoms with Gasteiger partial charge in [-0.25, -0.2) is 0 Å². The van der Waals surface area contributed by atoms with Gasteiger partial charge in [-0.3, -0.25) is 9.69 Å². The average Bonchev–Trinajstić information content (AvgIpc) is 2.70. The van der Waals surface area contributed by atoms with Crippen molar-refractivity contribution in [1.82, 2.24) is 10.2 Å². The molecular weight excluding hydrogens is 338 g/mol. The van der Waals surface area contributed by atoms with Gasteiger partial charge in [0.05, 0.1) is 13.5 Å². The van der Waals surface area contributed by atoms with Crippen LogP contribution in [0.4, 0.5) is 5.69 Å². The van der Waals surface area contributed by atoms with Crippen LogP contribution in [-0.4, -0.2) is 37.6 Å². The van der Waals surface area contributed by atoms with Crippen LogP contribution >= 0.6 is 0 Å². The predicted octanol–water partition coefficient (Wildman–Crippen LogP) is 2.85. The third-order valence-electron chi connectivity index (χ3n) is 5.20. The van der Waals surface area contributed by atoms with Crippen molar-refractivity contribution in [2.45, 2.75) is 25.8 Å². The number of hydrogen-bond donors (Lipinski definition) is 2. The van der Waals surface area contributed by atoms with E-state index in [1.54, 1.807) is 7.11 Å². The number of nitrogen functional groups attached to an aromatic ring is 1. The largest absolute Gasteiger partial charge is 0.497 e. The minimum atomic E-state index is 0.0837. The molecule has 3 rings (SSSR count). The lowest BCUT2D eigenvalue weighted by molar-refractivity contribution is -0.120. The first-order valence-electron chi connectivity index (χ1n) is 9.59. The van der Waals surface area contributed by atoms with E-state index in [-0.39, 0.29) is 5.91 Å². The third-order valence-corrected chi connectivity index (χ3v) is 5.20. The Bertz CT molecular complexity index is 720. The highest BCUT2D eigenvalue weighted by atomic mass is 16.5. The molecule has 0 saturated carbocycles. The molecule has 1 heterocycles. The molecule has 0 bridgehead atoms. The van der Waals surface area contributed by atoms with Crippen LogP contribution in [0.15, 0.2) is 48.5 Å². The van der Waals surface area contributed by atoms with Crippen LogP contribution < -0.4 is 15.8 Å². The Balaban J connectivity index is 1.36. The molecule has 2 aromatic rings. The van der Waals surface area contributed by atoms with Crippen LogP contribution in [0, 0.1) is 5.92 Å². The first kappa shape index (κ1) is 19.2. The number of nitrogens with zero attached hydrogens (tertiary/aromatic N) is 1. The second kappa shape index (κ2) is 9.42. The van der Waals surface area contributed by atoms with E-state index < -0.39 is 0 Å². The molecule has 1 aliphatic rings.